The van der Waals surface area contributed by atoms with Gasteiger partial charge in [0.1, 0.15) is 11.2 Å². The van der Waals surface area contributed by atoms with E-state index in [1.54, 1.807) is 0 Å². The second kappa shape index (κ2) is 12.1. The third kappa shape index (κ3) is 4.62. The quantitative estimate of drug-likeness (QED) is 0.168. The Morgan fingerprint density at radius 2 is 0.897 bits per heavy atom. The van der Waals surface area contributed by atoms with Crippen molar-refractivity contribution in [3.63, 3.8) is 0 Å². The fraction of sp³-hybridized carbons (Fsp3) is 0.0182. The second-order valence-corrected chi connectivity index (χ2v) is 16.0. The van der Waals surface area contributed by atoms with Crippen LogP contribution < -0.4 is 15.7 Å². The van der Waals surface area contributed by atoms with Gasteiger partial charge in [-0.1, -0.05) is 140 Å². The first kappa shape index (κ1) is 31.8. The molecule has 0 radical (unpaired) electrons. The van der Waals surface area contributed by atoms with Crippen molar-refractivity contribution in [2.75, 3.05) is 4.81 Å². The van der Waals surface area contributed by atoms with Crippen LogP contribution in [0.2, 0.25) is 0 Å². The fourth-order valence-electron chi connectivity index (χ4n) is 10.2. The molecule has 3 heteroatoms. The summed E-state index contributed by atoms with van der Waals surface area (Å²) in [6, 6.07) is 72.0. The Kier molecular flexibility index (Phi) is 6.62. The van der Waals surface area contributed by atoms with Crippen LogP contribution in [0, 0.1) is 0 Å². The van der Waals surface area contributed by atoms with Crippen molar-refractivity contribution in [1.82, 2.24) is 0 Å². The zero-order valence-corrected chi connectivity index (χ0v) is 31.6. The molecule has 0 bridgehead atoms. The zero-order valence-electron chi connectivity index (χ0n) is 31.6. The summed E-state index contributed by atoms with van der Waals surface area (Å²) in [5, 5.41) is 2.29. The van der Waals surface area contributed by atoms with Crippen molar-refractivity contribution in [3.8, 4) is 66.8 Å². The molecular formula is C55H34BNO. The van der Waals surface area contributed by atoms with Crippen LogP contribution in [0.1, 0.15) is 11.1 Å². The Labute approximate surface area is 337 Å². The predicted molar refractivity (Wildman–Crippen MR) is 243 cm³/mol. The van der Waals surface area contributed by atoms with E-state index in [2.05, 4.69) is 193 Å². The molecule has 0 fully saturated rings. The molecule has 1 aliphatic carbocycles. The number of anilines is 2. The zero-order chi connectivity index (χ0) is 37.9. The highest BCUT2D eigenvalue weighted by Gasteiger charge is 2.42. The third-order valence-corrected chi connectivity index (χ3v) is 12.9. The average molecular weight is 736 g/mol. The summed E-state index contributed by atoms with van der Waals surface area (Å²) >= 11 is 0. The van der Waals surface area contributed by atoms with Crippen LogP contribution in [0.25, 0.3) is 88.7 Å². The number of fused-ring (bicyclic) bond motifs is 17. The molecule has 0 atom stereocenters. The normalized spacial score (nSPS) is 13.0. The molecule has 13 rings (SSSR count). The Hall–Kier alpha value is -7.36. The molecule has 1 aromatic heterocycles. The van der Waals surface area contributed by atoms with Crippen LogP contribution in [0.5, 0.6) is 0 Å². The molecule has 0 amide bonds. The Bertz CT molecular complexity index is 3340. The lowest BCUT2D eigenvalue weighted by Crippen LogP contribution is -2.59. The van der Waals surface area contributed by atoms with Gasteiger partial charge in [-0.2, -0.15) is 0 Å². The smallest absolute Gasteiger partial charge is 0.329 e. The van der Waals surface area contributed by atoms with E-state index in [0.29, 0.717) is 0 Å². The van der Waals surface area contributed by atoms with E-state index in [1.165, 1.54) is 100 Å². The lowest BCUT2D eigenvalue weighted by Gasteiger charge is -2.43. The highest BCUT2D eigenvalue weighted by molar-refractivity contribution is 6.92. The maximum Gasteiger partial charge on any atom is 0.329 e. The minimum absolute atomic E-state index is 0.0224. The number of nitrogens with zero attached hydrogens (tertiary/aromatic N) is 1. The van der Waals surface area contributed by atoms with Gasteiger partial charge in [-0.3, -0.25) is 0 Å². The Balaban J connectivity index is 1.03. The van der Waals surface area contributed by atoms with E-state index in [4.69, 9.17) is 4.42 Å². The molecule has 0 spiro atoms. The number of hydrogen-bond donors (Lipinski definition) is 0. The molecule has 0 saturated carbocycles. The van der Waals surface area contributed by atoms with Crippen molar-refractivity contribution in [3.05, 3.63) is 205 Å². The lowest BCUT2D eigenvalue weighted by molar-refractivity contribution is 0.669. The van der Waals surface area contributed by atoms with Gasteiger partial charge in [-0.15, -0.1) is 0 Å². The predicted octanol–water partition coefficient (Wildman–Crippen LogP) is 13.1. The number of para-hydroxylation sites is 1. The fourth-order valence-corrected chi connectivity index (χ4v) is 10.2. The Morgan fingerprint density at radius 3 is 1.74 bits per heavy atom. The highest BCUT2D eigenvalue weighted by atomic mass is 16.3. The summed E-state index contributed by atoms with van der Waals surface area (Å²) in [6.07, 6.45) is 0.998. The topological polar surface area (TPSA) is 16.4 Å². The Morgan fingerprint density at radius 1 is 0.345 bits per heavy atom. The van der Waals surface area contributed by atoms with Gasteiger partial charge < -0.3 is 9.23 Å². The number of furan rings is 1. The molecule has 3 heterocycles. The monoisotopic (exact) mass is 735 g/mol. The molecule has 10 aromatic rings. The first-order valence-corrected chi connectivity index (χ1v) is 20.2. The molecular weight excluding hydrogens is 701 g/mol. The molecule has 58 heavy (non-hydrogen) atoms. The first-order chi connectivity index (χ1) is 28.7. The summed E-state index contributed by atoms with van der Waals surface area (Å²) < 4.78 is 6.23. The second-order valence-electron chi connectivity index (χ2n) is 16.0. The van der Waals surface area contributed by atoms with E-state index >= 15 is 0 Å². The van der Waals surface area contributed by atoms with Gasteiger partial charge >= 0.3 is 6.85 Å². The van der Waals surface area contributed by atoms with E-state index < -0.39 is 0 Å². The van der Waals surface area contributed by atoms with Crippen LogP contribution in [-0.4, -0.2) is 6.85 Å². The van der Waals surface area contributed by atoms with Crippen LogP contribution in [0.3, 0.4) is 0 Å². The molecule has 0 N–H and O–H groups in total. The van der Waals surface area contributed by atoms with Crippen LogP contribution in [0.15, 0.2) is 199 Å². The van der Waals surface area contributed by atoms with Crippen molar-refractivity contribution < 1.29 is 4.42 Å². The summed E-state index contributed by atoms with van der Waals surface area (Å²) in [5.74, 6) is 0. The van der Waals surface area contributed by atoms with E-state index in [0.717, 1.165) is 28.4 Å². The third-order valence-electron chi connectivity index (χ3n) is 12.9. The standard InChI is InChI=1S/C55H34BNO/c1-2-10-34(11-3-1)35-21-25-52-47(31-35)43-14-6-8-16-50(43)56-51-24-20-37(36-18-19-41-28-40-12-4-5-13-42(40)45(41)29-36)30-46(51)48-32-38(22-26-53(48)57(52)56)39-23-27-55-49(33-39)44-15-7-9-17-54(44)58-55/h1-27,29-33H,28H2. The molecule has 0 saturated heterocycles. The summed E-state index contributed by atoms with van der Waals surface area (Å²) in [5.41, 5.74) is 24.9. The van der Waals surface area contributed by atoms with Crippen LogP contribution in [-0.2, 0) is 6.42 Å². The van der Waals surface area contributed by atoms with Gasteiger partial charge in [0.05, 0.1) is 0 Å². The lowest BCUT2D eigenvalue weighted by atomic mass is 9.43. The van der Waals surface area contributed by atoms with Crippen molar-refractivity contribution in [1.29, 1.82) is 0 Å². The van der Waals surface area contributed by atoms with Gasteiger partial charge in [0.25, 0.3) is 0 Å². The summed E-state index contributed by atoms with van der Waals surface area (Å²) in [6.45, 7) is 0.0224. The number of benzene rings is 9. The van der Waals surface area contributed by atoms with Crippen molar-refractivity contribution in [2.45, 2.75) is 6.42 Å². The van der Waals surface area contributed by atoms with Crippen LogP contribution >= 0.6 is 0 Å². The molecule has 2 nitrogen and oxygen atoms in total. The van der Waals surface area contributed by atoms with Gasteiger partial charge in [0.15, 0.2) is 0 Å². The minimum Gasteiger partial charge on any atom is -0.456 e. The van der Waals surface area contributed by atoms with Crippen molar-refractivity contribution >= 4 is 51.1 Å². The van der Waals surface area contributed by atoms with E-state index in [1.807, 2.05) is 6.07 Å². The summed E-state index contributed by atoms with van der Waals surface area (Å²) in [7, 11) is 0. The van der Waals surface area contributed by atoms with Gasteiger partial charge in [-0.25, -0.2) is 0 Å². The SMILES string of the molecule is c1ccc(-c2ccc3c(c2)-c2ccccc2B2c4ccc(-c5ccc6c(c5)-c5ccccc5C6)cc4-c4cc(-c5ccc6oc7ccccc7c6c5)ccc4N23)cc1. The maximum atomic E-state index is 6.23. The average Bonchev–Trinajstić information content (AvgIpc) is 3.86. The van der Waals surface area contributed by atoms with E-state index in [-0.39, 0.29) is 6.85 Å². The van der Waals surface area contributed by atoms with Crippen molar-refractivity contribution in [2.24, 2.45) is 0 Å². The van der Waals surface area contributed by atoms with Crippen LogP contribution in [0.4, 0.5) is 11.4 Å². The number of rotatable bonds is 3. The van der Waals surface area contributed by atoms with E-state index in [9.17, 15) is 0 Å². The number of hydrogen-bond acceptors (Lipinski definition) is 2. The molecule has 268 valence electrons. The largest absolute Gasteiger partial charge is 0.456 e. The van der Waals surface area contributed by atoms with Gasteiger partial charge in [-0.05, 0) is 139 Å². The molecule has 3 aliphatic rings. The molecule has 2 aliphatic heterocycles. The first-order valence-electron chi connectivity index (χ1n) is 20.2. The maximum absolute atomic E-state index is 6.23. The minimum atomic E-state index is 0.0224. The van der Waals surface area contributed by atoms with Gasteiger partial charge in [0.2, 0.25) is 0 Å². The summed E-state index contributed by atoms with van der Waals surface area (Å²) in [4.78, 5) is 2.60. The molecule has 9 aromatic carbocycles. The van der Waals surface area contributed by atoms with Gasteiger partial charge in [0, 0.05) is 33.3 Å². The molecule has 0 unspecified atom stereocenters. The highest BCUT2D eigenvalue weighted by Crippen LogP contribution is 2.49.